The molecule has 4 saturated carbocycles. The number of aromatic nitrogens is 2. The lowest BCUT2D eigenvalue weighted by molar-refractivity contribution is -0.181. The molecule has 4 unspecified atom stereocenters. The predicted octanol–water partition coefficient (Wildman–Crippen LogP) is 2.49. The van der Waals surface area contributed by atoms with Crippen LogP contribution in [0.2, 0.25) is 0 Å². The Labute approximate surface area is 132 Å². The normalized spacial score (nSPS) is 43.2. The molecule has 1 N–H and O–H groups in total. The maximum Gasteiger partial charge on any atom is 0.233 e. The Kier molecular flexibility index (Phi) is 3.02. The van der Waals surface area contributed by atoms with Gasteiger partial charge in [-0.3, -0.25) is 0 Å². The average molecular weight is 305 g/mol. The molecule has 122 valence electrons. The highest BCUT2D eigenvalue weighted by molar-refractivity contribution is 5.22. The molecule has 4 bridgehead atoms. The minimum Gasteiger partial charge on any atom is -0.390 e. The van der Waals surface area contributed by atoms with Crippen LogP contribution < -0.4 is 0 Å². The molecule has 4 aliphatic rings. The molecule has 0 saturated heterocycles. The molecule has 5 heteroatoms. The fourth-order valence-electron chi connectivity index (χ4n) is 6.03. The topological polar surface area (TPSA) is 62.4 Å². The molecule has 0 radical (unpaired) electrons. The lowest BCUT2D eigenvalue weighted by atomic mass is 9.42. The molecule has 0 spiro atoms. The van der Waals surface area contributed by atoms with E-state index >= 15 is 0 Å². The van der Waals surface area contributed by atoms with E-state index in [4.69, 9.17) is 9.51 Å². The first kappa shape index (κ1) is 14.6. The van der Waals surface area contributed by atoms with Crippen molar-refractivity contribution in [2.45, 2.75) is 69.4 Å². The largest absolute Gasteiger partial charge is 0.390 e. The molecule has 4 fully saturated rings. The number of nitrogens with zero attached hydrogens (tertiary/aromatic N) is 3. The van der Waals surface area contributed by atoms with Gasteiger partial charge in [0.1, 0.15) is 0 Å². The molecule has 1 heterocycles. The molecular weight excluding hydrogens is 278 g/mol. The minimum atomic E-state index is -0.508. The molecule has 4 aliphatic carbocycles. The van der Waals surface area contributed by atoms with Gasteiger partial charge < -0.3 is 14.5 Å². The van der Waals surface area contributed by atoms with Gasteiger partial charge >= 0.3 is 0 Å². The van der Waals surface area contributed by atoms with Gasteiger partial charge in [-0.15, -0.1) is 0 Å². The molecule has 1 aromatic rings. The highest BCUT2D eigenvalue weighted by Crippen LogP contribution is 2.67. The van der Waals surface area contributed by atoms with Crippen molar-refractivity contribution in [1.29, 1.82) is 0 Å². The van der Waals surface area contributed by atoms with Gasteiger partial charge in [0.15, 0.2) is 5.82 Å². The van der Waals surface area contributed by atoms with Gasteiger partial charge in [-0.1, -0.05) is 18.5 Å². The van der Waals surface area contributed by atoms with E-state index in [9.17, 15) is 5.11 Å². The monoisotopic (exact) mass is 305 g/mol. The maximum atomic E-state index is 11.1. The van der Waals surface area contributed by atoms with Crippen LogP contribution in [0.4, 0.5) is 0 Å². The summed E-state index contributed by atoms with van der Waals surface area (Å²) in [6.07, 6.45) is 7.38. The third-order valence-electron chi connectivity index (χ3n) is 6.28. The molecule has 0 aliphatic heterocycles. The van der Waals surface area contributed by atoms with Crippen molar-refractivity contribution in [3.63, 3.8) is 0 Å². The van der Waals surface area contributed by atoms with Crippen LogP contribution in [0.1, 0.15) is 63.6 Å². The average Bonchev–Trinajstić information content (AvgIpc) is 2.84. The minimum absolute atomic E-state index is 0.0816. The Morgan fingerprint density at radius 3 is 2.73 bits per heavy atom. The number of hydrogen-bond acceptors (Lipinski definition) is 5. The van der Waals surface area contributed by atoms with Crippen LogP contribution in [0.15, 0.2) is 4.52 Å². The van der Waals surface area contributed by atoms with Gasteiger partial charge in [0.2, 0.25) is 5.89 Å². The van der Waals surface area contributed by atoms with Crippen LogP contribution in [-0.2, 0) is 12.0 Å². The predicted molar refractivity (Wildman–Crippen MR) is 82.2 cm³/mol. The Bertz CT molecular complexity index is 586. The van der Waals surface area contributed by atoms with Crippen molar-refractivity contribution >= 4 is 0 Å². The van der Waals surface area contributed by atoms with E-state index < -0.39 is 5.60 Å². The van der Waals surface area contributed by atoms with Crippen LogP contribution in [0.5, 0.6) is 0 Å². The lowest BCUT2D eigenvalue weighted by Gasteiger charge is -2.64. The first-order chi connectivity index (χ1) is 10.4. The molecule has 0 amide bonds. The van der Waals surface area contributed by atoms with Crippen molar-refractivity contribution < 1.29 is 9.63 Å². The van der Waals surface area contributed by atoms with Crippen molar-refractivity contribution in [3.05, 3.63) is 11.7 Å². The van der Waals surface area contributed by atoms with E-state index in [1.807, 2.05) is 14.1 Å². The van der Waals surface area contributed by atoms with E-state index in [0.717, 1.165) is 50.2 Å². The SMILES string of the molecule is CCC12CC3CC(O)(C1)CC(c1nc(CN(C)C)no1)(C3)C2. The summed E-state index contributed by atoms with van der Waals surface area (Å²) < 4.78 is 5.69. The Hall–Kier alpha value is -0.940. The smallest absolute Gasteiger partial charge is 0.233 e. The molecule has 0 aromatic carbocycles. The summed E-state index contributed by atoms with van der Waals surface area (Å²) in [6, 6.07) is 0. The number of hydrogen-bond donors (Lipinski definition) is 1. The second-order valence-electron chi connectivity index (χ2n) is 8.62. The molecule has 22 heavy (non-hydrogen) atoms. The maximum absolute atomic E-state index is 11.1. The summed E-state index contributed by atoms with van der Waals surface area (Å²) in [5, 5.41) is 15.3. The number of rotatable bonds is 4. The second kappa shape index (κ2) is 4.54. The third kappa shape index (κ3) is 2.13. The van der Waals surface area contributed by atoms with Crippen LogP contribution >= 0.6 is 0 Å². The van der Waals surface area contributed by atoms with Gasteiger partial charge in [-0.25, -0.2) is 0 Å². The summed E-state index contributed by atoms with van der Waals surface area (Å²) in [4.78, 5) is 6.76. The second-order valence-corrected chi connectivity index (χ2v) is 8.62. The summed E-state index contributed by atoms with van der Waals surface area (Å²) in [5.74, 6) is 2.16. The zero-order valence-corrected chi connectivity index (χ0v) is 13.9. The van der Waals surface area contributed by atoms with E-state index in [1.165, 1.54) is 6.42 Å². The summed E-state index contributed by atoms with van der Waals surface area (Å²) >= 11 is 0. The van der Waals surface area contributed by atoms with Crippen molar-refractivity contribution in [2.75, 3.05) is 14.1 Å². The summed E-state index contributed by atoms with van der Waals surface area (Å²) in [7, 11) is 4.02. The van der Waals surface area contributed by atoms with Crippen molar-refractivity contribution in [3.8, 4) is 0 Å². The first-order valence-electron chi connectivity index (χ1n) is 8.56. The third-order valence-corrected chi connectivity index (χ3v) is 6.28. The highest BCUT2D eigenvalue weighted by Gasteiger charge is 2.64. The van der Waals surface area contributed by atoms with Crippen molar-refractivity contribution in [2.24, 2.45) is 11.3 Å². The van der Waals surface area contributed by atoms with Gasteiger partial charge in [-0.2, -0.15) is 4.98 Å². The first-order valence-corrected chi connectivity index (χ1v) is 8.56. The lowest BCUT2D eigenvalue weighted by Crippen LogP contribution is -2.61. The Morgan fingerprint density at radius 2 is 2.05 bits per heavy atom. The Morgan fingerprint density at radius 1 is 1.23 bits per heavy atom. The van der Waals surface area contributed by atoms with Crippen molar-refractivity contribution in [1.82, 2.24) is 15.0 Å². The fraction of sp³-hybridized carbons (Fsp3) is 0.882. The Balaban J connectivity index is 1.70. The van der Waals surface area contributed by atoms with Crippen LogP contribution in [0.3, 0.4) is 0 Å². The van der Waals surface area contributed by atoms with E-state index in [0.29, 0.717) is 12.5 Å². The zero-order valence-electron chi connectivity index (χ0n) is 13.9. The standard InChI is InChI=1S/C17H27N3O2/c1-4-15-5-12-6-16(9-15,11-17(21,7-12)10-15)14-18-13(19-22-14)8-20(2)3/h12,21H,4-11H2,1-3H3. The fourth-order valence-corrected chi connectivity index (χ4v) is 6.03. The van der Waals surface area contributed by atoms with E-state index in [-0.39, 0.29) is 10.8 Å². The summed E-state index contributed by atoms with van der Waals surface area (Å²) in [6.45, 7) is 2.97. The molecule has 1 aromatic heterocycles. The van der Waals surface area contributed by atoms with Gasteiger partial charge in [0.25, 0.3) is 0 Å². The highest BCUT2D eigenvalue weighted by atomic mass is 16.5. The molecule has 5 rings (SSSR count). The zero-order chi connectivity index (χ0) is 15.6. The van der Waals surface area contributed by atoms with E-state index in [2.05, 4.69) is 17.0 Å². The molecule has 4 atom stereocenters. The van der Waals surface area contributed by atoms with Crippen LogP contribution in [-0.4, -0.2) is 39.8 Å². The van der Waals surface area contributed by atoms with E-state index in [1.54, 1.807) is 0 Å². The van der Waals surface area contributed by atoms with Gasteiger partial charge in [-0.05, 0) is 64.0 Å². The summed E-state index contributed by atoms with van der Waals surface area (Å²) in [5.41, 5.74) is -0.308. The molecular formula is C17H27N3O2. The van der Waals surface area contributed by atoms with Gasteiger partial charge in [0.05, 0.1) is 17.6 Å². The van der Waals surface area contributed by atoms with Gasteiger partial charge in [0, 0.05) is 0 Å². The molecule has 5 nitrogen and oxygen atoms in total. The number of aliphatic hydroxyl groups is 1. The van der Waals surface area contributed by atoms with Crippen LogP contribution in [0.25, 0.3) is 0 Å². The van der Waals surface area contributed by atoms with Crippen LogP contribution in [0, 0.1) is 11.3 Å². The quantitative estimate of drug-likeness (QED) is 0.926.